The highest BCUT2D eigenvalue weighted by molar-refractivity contribution is 6.48. The van der Waals surface area contributed by atoms with E-state index in [9.17, 15) is 0 Å². The molecule has 4 heteroatoms. The first-order valence-electron chi connectivity index (χ1n) is 4.19. The number of hydrogen-bond acceptors (Lipinski definition) is 3. The summed E-state index contributed by atoms with van der Waals surface area (Å²) in [4.78, 5) is 3.36. The third-order valence-electron chi connectivity index (χ3n) is 1.31. The van der Waals surface area contributed by atoms with Gasteiger partial charge in [-0.05, 0) is 19.9 Å². The Balaban J connectivity index is 3.34. The topological polar surface area (TPSA) is 30.5 Å². The van der Waals surface area contributed by atoms with Gasteiger partial charge < -0.3 is 14.1 Å². The Labute approximate surface area is 70.9 Å². The van der Waals surface area contributed by atoms with E-state index in [-0.39, 0.29) is 0 Å². The molecule has 0 aliphatic carbocycles. The van der Waals surface area contributed by atoms with Crippen LogP contribution in [0.5, 0.6) is 0 Å². The molecule has 0 aliphatic heterocycles. The summed E-state index contributed by atoms with van der Waals surface area (Å²) in [6.07, 6.45) is 1.91. The molecule has 68 valence electrons. The summed E-state index contributed by atoms with van der Waals surface area (Å²) in [6, 6.07) is 0. The molecule has 0 aromatic carbocycles. The monoisotopic (exact) mass is 177 g/mol. The molecule has 0 aromatic heterocycles. The lowest BCUT2D eigenvalue weighted by molar-refractivity contribution is 0.216. The number of hydrogen-bond donors (Lipinski definition) is 1. The van der Waals surface area contributed by atoms with Gasteiger partial charge in [-0.25, -0.2) is 0 Å². The Bertz CT molecular complexity index is 76.8. The maximum Gasteiger partial charge on any atom is 0.278 e. The van der Waals surface area contributed by atoms with Crippen molar-refractivity contribution in [1.82, 2.24) is 4.98 Å². The van der Waals surface area contributed by atoms with Crippen LogP contribution in [0.2, 0.25) is 0 Å². The minimum atomic E-state index is -1.22. The molecule has 0 amide bonds. The van der Waals surface area contributed by atoms with Crippen molar-refractivity contribution in [2.75, 3.05) is 26.5 Å². The van der Waals surface area contributed by atoms with Gasteiger partial charge in [0.05, 0.1) is 6.23 Å². The third-order valence-corrected chi connectivity index (χ3v) is 3.42. The normalized spacial score (nSPS) is 13.4. The molecule has 3 nitrogen and oxygen atoms in total. The van der Waals surface area contributed by atoms with Gasteiger partial charge in [0.1, 0.15) is 0 Å². The summed E-state index contributed by atoms with van der Waals surface area (Å²) in [5, 5.41) is 0. The lowest BCUT2D eigenvalue weighted by atomic mass is 10.5. The highest BCUT2D eigenvalue weighted by atomic mass is 28.3. The SMILES string of the molecule is CCCN[SiH](COC)OCC. The summed E-state index contributed by atoms with van der Waals surface area (Å²) in [5.74, 6) is 0. The molecule has 0 spiro atoms. The lowest BCUT2D eigenvalue weighted by Crippen LogP contribution is -2.41. The average Bonchev–Trinajstić information content (AvgIpc) is 2.01. The number of rotatable bonds is 7. The van der Waals surface area contributed by atoms with Crippen LogP contribution < -0.4 is 4.98 Å². The van der Waals surface area contributed by atoms with Crippen LogP contribution in [-0.2, 0) is 9.16 Å². The quantitative estimate of drug-likeness (QED) is 0.572. The van der Waals surface area contributed by atoms with E-state index in [1.54, 1.807) is 7.11 Å². The fraction of sp³-hybridized carbons (Fsp3) is 1.00. The van der Waals surface area contributed by atoms with Crippen LogP contribution >= 0.6 is 0 Å². The zero-order valence-electron chi connectivity index (χ0n) is 7.72. The molecule has 0 aliphatic rings. The van der Waals surface area contributed by atoms with Gasteiger partial charge in [-0.2, -0.15) is 0 Å². The molecular weight excluding hydrogens is 158 g/mol. The van der Waals surface area contributed by atoms with Gasteiger partial charge in [0.2, 0.25) is 0 Å². The van der Waals surface area contributed by atoms with Crippen molar-refractivity contribution in [2.45, 2.75) is 20.3 Å². The van der Waals surface area contributed by atoms with Crippen molar-refractivity contribution in [3.63, 3.8) is 0 Å². The second kappa shape index (κ2) is 8.20. The van der Waals surface area contributed by atoms with Crippen molar-refractivity contribution in [1.29, 1.82) is 0 Å². The second-order valence-corrected chi connectivity index (χ2v) is 4.41. The van der Waals surface area contributed by atoms with Crippen LogP contribution in [0.15, 0.2) is 0 Å². The van der Waals surface area contributed by atoms with E-state index in [4.69, 9.17) is 9.16 Å². The van der Waals surface area contributed by atoms with Crippen LogP contribution in [-0.4, -0.2) is 35.7 Å². The highest BCUT2D eigenvalue weighted by Crippen LogP contribution is 1.83. The highest BCUT2D eigenvalue weighted by Gasteiger charge is 2.08. The fourth-order valence-corrected chi connectivity index (χ4v) is 2.47. The first-order valence-corrected chi connectivity index (χ1v) is 6.05. The maximum absolute atomic E-state index is 5.49. The summed E-state index contributed by atoms with van der Waals surface area (Å²) < 4.78 is 10.5. The molecule has 0 rings (SSSR count). The van der Waals surface area contributed by atoms with E-state index in [1.165, 1.54) is 0 Å². The zero-order chi connectivity index (χ0) is 8.53. The maximum atomic E-state index is 5.49. The third kappa shape index (κ3) is 6.49. The van der Waals surface area contributed by atoms with Gasteiger partial charge in [-0.15, -0.1) is 0 Å². The Hall–Kier alpha value is 0.0969. The van der Waals surface area contributed by atoms with Gasteiger partial charge in [0.15, 0.2) is 0 Å². The summed E-state index contributed by atoms with van der Waals surface area (Å²) >= 11 is 0. The minimum Gasteiger partial charge on any atom is -0.404 e. The second-order valence-electron chi connectivity index (χ2n) is 2.35. The zero-order valence-corrected chi connectivity index (χ0v) is 8.88. The number of nitrogens with one attached hydrogen (secondary N) is 1. The van der Waals surface area contributed by atoms with E-state index in [2.05, 4.69) is 11.9 Å². The van der Waals surface area contributed by atoms with Crippen molar-refractivity contribution in [3.05, 3.63) is 0 Å². The Morgan fingerprint density at radius 2 is 2.09 bits per heavy atom. The fourth-order valence-electron chi connectivity index (χ4n) is 0.824. The van der Waals surface area contributed by atoms with Crippen molar-refractivity contribution >= 4 is 9.20 Å². The molecule has 0 saturated carbocycles. The Kier molecular flexibility index (Phi) is 8.27. The summed E-state index contributed by atoms with van der Waals surface area (Å²) in [7, 11) is 0.491. The summed E-state index contributed by atoms with van der Waals surface area (Å²) in [6.45, 7) is 6.00. The molecule has 0 heterocycles. The first-order chi connectivity index (χ1) is 5.35. The standard InChI is InChI=1S/C7H19NO2Si/c1-4-6-8-11(7-9-3)10-5-2/h8,11H,4-7H2,1-3H3. The van der Waals surface area contributed by atoms with Crippen LogP contribution in [0.25, 0.3) is 0 Å². The molecule has 0 radical (unpaired) electrons. The van der Waals surface area contributed by atoms with Crippen molar-refractivity contribution in [2.24, 2.45) is 0 Å². The van der Waals surface area contributed by atoms with Crippen LogP contribution in [0, 0.1) is 0 Å². The number of ether oxygens (including phenoxy) is 1. The van der Waals surface area contributed by atoms with Gasteiger partial charge in [0, 0.05) is 13.7 Å². The van der Waals surface area contributed by atoms with Gasteiger partial charge in [-0.3, -0.25) is 0 Å². The van der Waals surface area contributed by atoms with E-state index in [1.807, 2.05) is 6.92 Å². The predicted octanol–water partition coefficient (Wildman–Crippen LogP) is 0.429. The average molecular weight is 177 g/mol. The molecule has 0 bridgehead atoms. The molecule has 0 saturated heterocycles. The number of methoxy groups -OCH3 is 1. The lowest BCUT2D eigenvalue weighted by Gasteiger charge is -2.14. The Morgan fingerprint density at radius 1 is 1.36 bits per heavy atom. The molecule has 11 heavy (non-hydrogen) atoms. The molecule has 0 aromatic rings. The van der Waals surface area contributed by atoms with Gasteiger partial charge in [0.25, 0.3) is 9.20 Å². The first kappa shape index (κ1) is 11.1. The van der Waals surface area contributed by atoms with E-state index >= 15 is 0 Å². The largest absolute Gasteiger partial charge is 0.404 e. The molecule has 0 fully saturated rings. The Morgan fingerprint density at radius 3 is 2.55 bits per heavy atom. The van der Waals surface area contributed by atoms with Crippen LogP contribution in [0.1, 0.15) is 20.3 Å². The predicted molar refractivity (Wildman–Crippen MR) is 48.9 cm³/mol. The van der Waals surface area contributed by atoms with Gasteiger partial charge in [-0.1, -0.05) is 6.92 Å². The van der Waals surface area contributed by atoms with Crippen molar-refractivity contribution < 1.29 is 9.16 Å². The van der Waals surface area contributed by atoms with Crippen molar-refractivity contribution in [3.8, 4) is 0 Å². The van der Waals surface area contributed by atoms with E-state index in [0.29, 0.717) is 0 Å². The molecular formula is C7H19NO2Si. The van der Waals surface area contributed by atoms with Crippen LogP contribution in [0.3, 0.4) is 0 Å². The smallest absolute Gasteiger partial charge is 0.278 e. The van der Waals surface area contributed by atoms with Gasteiger partial charge >= 0.3 is 0 Å². The molecule has 1 unspecified atom stereocenters. The van der Waals surface area contributed by atoms with E-state index < -0.39 is 9.20 Å². The summed E-state index contributed by atoms with van der Waals surface area (Å²) in [5.41, 5.74) is 0. The molecule has 1 N–H and O–H groups in total. The van der Waals surface area contributed by atoms with Crippen LogP contribution in [0.4, 0.5) is 0 Å². The van der Waals surface area contributed by atoms with E-state index in [0.717, 1.165) is 25.8 Å². The minimum absolute atomic E-state index is 0.758. The molecule has 1 atom stereocenters.